The fraction of sp³-hybridized carbons (Fsp3) is 0.143. The zero-order chi connectivity index (χ0) is 14.1. The summed E-state index contributed by atoms with van der Waals surface area (Å²) in [6, 6.07) is 0.657. The first-order valence-corrected chi connectivity index (χ1v) is 5.09. The summed E-state index contributed by atoms with van der Waals surface area (Å²) in [7, 11) is 0. The zero-order valence-electron chi connectivity index (χ0n) is 7.99. The third kappa shape index (κ3) is 3.53. The van der Waals surface area contributed by atoms with Gasteiger partial charge in [-0.05, 0) is 37.4 Å². The largest absolute Gasteiger partial charge is 0.573 e. The molecule has 0 N–H and O–H groups in total. The fourth-order valence-electron chi connectivity index (χ4n) is 0.929. The van der Waals surface area contributed by atoms with Gasteiger partial charge in [0.15, 0.2) is 5.75 Å². The van der Waals surface area contributed by atoms with Crippen LogP contribution in [0.3, 0.4) is 0 Å². The summed E-state index contributed by atoms with van der Waals surface area (Å²) in [5.41, 5.74) is -1.00. The first-order chi connectivity index (χ1) is 8.11. The van der Waals surface area contributed by atoms with Crippen molar-refractivity contribution in [3.8, 4) is 5.75 Å². The predicted molar refractivity (Wildman–Crippen MR) is 55.5 cm³/mol. The number of ether oxygens (including phenoxy) is 1. The van der Waals surface area contributed by atoms with Gasteiger partial charge in [-0.25, -0.2) is 0 Å². The Kier molecular flexibility index (Phi) is 4.12. The molecular formula is C7HBrClF3N2O4. The number of nitro groups is 1. The number of hydrogen-bond donors (Lipinski definition) is 0. The van der Waals surface area contributed by atoms with E-state index in [9.17, 15) is 28.1 Å². The number of carbonyl (C=O) groups excluding carboxylic acids is 1. The highest BCUT2D eigenvalue weighted by molar-refractivity contribution is 9.10. The molecule has 1 rings (SSSR count). The minimum absolute atomic E-state index is 0.467. The SMILES string of the molecule is O=C(Cl)c1nc([N+](=O)[O-])cc(Br)c1OC(F)(F)F. The van der Waals surface area contributed by atoms with Crippen molar-refractivity contribution in [1.29, 1.82) is 0 Å². The fourth-order valence-corrected chi connectivity index (χ4v) is 1.53. The second kappa shape index (κ2) is 5.06. The third-order valence-electron chi connectivity index (χ3n) is 1.51. The number of nitrogens with zero attached hydrogens (tertiary/aromatic N) is 2. The van der Waals surface area contributed by atoms with E-state index in [0.29, 0.717) is 6.07 Å². The van der Waals surface area contributed by atoms with Crippen molar-refractivity contribution in [3.05, 3.63) is 26.3 Å². The van der Waals surface area contributed by atoms with Crippen molar-refractivity contribution in [2.75, 3.05) is 0 Å². The molecule has 0 aliphatic carbocycles. The molecule has 0 bridgehead atoms. The van der Waals surface area contributed by atoms with Crippen LogP contribution in [0.5, 0.6) is 5.75 Å². The van der Waals surface area contributed by atoms with Gasteiger partial charge in [0, 0.05) is 0 Å². The van der Waals surface area contributed by atoms with Crippen LogP contribution in [0, 0.1) is 10.1 Å². The topological polar surface area (TPSA) is 82.3 Å². The van der Waals surface area contributed by atoms with Crippen molar-refractivity contribution in [2.24, 2.45) is 0 Å². The molecule has 1 heterocycles. The quantitative estimate of drug-likeness (QED) is 0.476. The minimum atomic E-state index is -5.10. The Hall–Kier alpha value is -1.42. The molecule has 0 saturated heterocycles. The molecule has 0 aliphatic heterocycles. The molecule has 0 unspecified atom stereocenters. The van der Waals surface area contributed by atoms with E-state index in [1.807, 2.05) is 0 Å². The molecule has 11 heteroatoms. The van der Waals surface area contributed by atoms with Crippen LogP contribution < -0.4 is 4.74 Å². The van der Waals surface area contributed by atoms with E-state index >= 15 is 0 Å². The first kappa shape index (κ1) is 14.6. The molecule has 98 valence electrons. The van der Waals surface area contributed by atoms with Crippen LogP contribution in [-0.4, -0.2) is 21.5 Å². The summed E-state index contributed by atoms with van der Waals surface area (Å²) >= 11 is 7.60. The Labute approximate surface area is 110 Å². The molecule has 0 spiro atoms. The Morgan fingerprint density at radius 3 is 2.50 bits per heavy atom. The average Bonchev–Trinajstić information content (AvgIpc) is 2.18. The number of pyridine rings is 1. The van der Waals surface area contributed by atoms with Crippen LogP contribution in [0.4, 0.5) is 19.0 Å². The van der Waals surface area contributed by atoms with Crippen LogP contribution in [0.15, 0.2) is 10.5 Å². The van der Waals surface area contributed by atoms with Crippen LogP contribution in [-0.2, 0) is 0 Å². The summed E-state index contributed by atoms with van der Waals surface area (Å²) in [4.78, 5) is 23.4. The van der Waals surface area contributed by atoms with Gasteiger partial charge in [-0.3, -0.25) is 4.79 Å². The second-order valence-corrected chi connectivity index (χ2v) is 3.92. The van der Waals surface area contributed by atoms with Crippen molar-refractivity contribution in [1.82, 2.24) is 4.98 Å². The molecule has 1 aromatic heterocycles. The van der Waals surface area contributed by atoms with Gasteiger partial charge in [0.2, 0.25) is 0 Å². The molecule has 6 nitrogen and oxygen atoms in total. The van der Waals surface area contributed by atoms with Crippen LogP contribution in [0.2, 0.25) is 0 Å². The molecule has 0 fully saturated rings. The van der Waals surface area contributed by atoms with Gasteiger partial charge in [-0.15, -0.1) is 13.2 Å². The maximum atomic E-state index is 12.1. The van der Waals surface area contributed by atoms with Gasteiger partial charge >= 0.3 is 12.2 Å². The minimum Gasteiger partial charge on any atom is -0.400 e. The molecule has 0 amide bonds. The molecular weight excluding hydrogens is 348 g/mol. The number of hydrogen-bond acceptors (Lipinski definition) is 5. The van der Waals surface area contributed by atoms with Crippen molar-refractivity contribution >= 4 is 38.6 Å². The summed E-state index contributed by atoms with van der Waals surface area (Å²) in [6.07, 6.45) is -5.10. The first-order valence-electron chi connectivity index (χ1n) is 3.92. The lowest BCUT2D eigenvalue weighted by molar-refractivity contribution is -0.389. The smallest absolute Gasteiger partial charge is 0.400 e. The summed E-state index contributed by atoms with van der Waals surface area (Å²) in [6.45, 7) is 0. The molecule has 0 radical (unpaired) electrons. The van der Waals surface area contributed by atoms with Gasteiger partial charge in [0.1, 0.15) is 0 Å². The van der Waals surface area contributed by atoms with Gasteiger partial charge in [0.05, 0.1) is 10.5 Å². The number of aromatic nitrogens is 1. The molecule has 0 aliphatic rings. The Bertz CT molecular complexity index is 522. The number of alkyl halides is 3. The summed E-state index contributed by atoms with van der Waals surface area (Å²) in [5, 5.41) is 9.01. The van der Waals surface area contributed by atoms with Gasteiger partial charge in [-0.1, -0.05) is 0 Å². The number of halogens is 5. The lowest BCUT2D eigenvalue weighted by Crippen LogP contribution is -2.19. The molecule has 0 atom stereocenters. The zero-order valence-corrected chi connectivity index (χ0v) is 10.3. The monoisotopic (exact) mass is 348 g/mol. The number of carbonyl (C=O) groups is 1. The van der Waals surface area contributed by atoms with Crippen molar-refractivity contribution in [2.45, 2.75) is 6.36 Å². The van der Waals surface area contributed by atoms with Crippen molar-refractivity contribution < 1.29 is 27.6 Å². The van der Waals surface area contributed by atoms with E-state index in [0.717, 1.165) is 0 Å². The van der Waals surface area contributed by atoms with Gasteiger partial charge in [0.25, 0.3) is 10.9 Å². The molecule has 0 aromatic carbocycles. The highest BCUT2D eigenvalue weighted by Crippen LogP contribution is 2.35. The Balaban J connectivity index is 3.41. The summed E-state index contributed by atoms with van der Waals surface area (Å²) in [5.74, 6) is -1.88. The van der Waals surface area contributed by atoms with E-state index in [4.69, 9.17) is 11.6 Å². The normalized spacial score (nSPS) is 11.2. The standard InChI is InChI=1S/C7HBrClF3N2O4/c8-2-1-3(14(16)17)13-4(6(9)15)5(2)18-7(10,11)12/h1H. The molecule has 0 saturated carbocycles. The van der Waals surface area contributed by atoms with Crippen LogP contribution in [0.1, 0.15) is 10.5 Å². The van der Waals surface area contributed by atoms with Gasteiger partial charge < -0.3 is 14.9 Å². The Morgan fingerprint density at radius 2 is 2.11 bits per heavy atom. The second-order valence-electron chi connectivity index (χ2n) is 2.72. The maximum absolute atomic E-state index is 12.1. The van der Waals surface area contributed by atoms with Crippen molar-refractivity contribution in [3.63, 3.8) is 0 Å². The predicted octanol–water partition coefficient (Wildman–Crippen LogP) is 3.03. The van der Waals surface area contributed by atoms with E-state index in [1.54, 1.807) is 0 Å². The van der Waals surface area contributed by atoms with Crippen LogP contribution >= 0.6 is 27.5 Å². The van der Waals surface area contributed by atoms with E-state index in [1.165, 1.54) is 0 Å². The maximum Gasteiger partial charge on any atom is 0.573 e. The summed E-state index contributed by atoms with van der Waals surface area (Å²) < 4.78 is 39.2. The average molecular weight is 349 g/mol. The molecule has 1 aromatic rings. The van der Waals surface area contributed by atoms with Gasteiger partial charge in [-0.2, -0.15) is 0 Å². The third-order valence-corrected chi connectivity index (χ3v) is 2.27. The lowest BCUT2D eigenvalue weighted by atomic mass is 10.3. The molecule has 18 heavy (non-hydrogen) atoms. The highest BCUT2D eigenvalue weighted by Gasteiger charge is 2.37. The van der Waals surface area contributed by atoms with E-state index in [2.05, 4.69) is 25.7 Å². The highest BCUT2D eigenvalue weighted by atomic mass is 79.9. The Morgan fingerprint density at radius 1 is 1.56 bits per heavy atom. The lowest BCUT2D eigenvalue weighted by Gasteiger charge is -2.10. The van der Waals surface area contributed by atoms with E-state index < -0.39 is 38.3 Å². The van der Waals surface area contributed by atoms with E-state index in [-0.39, 0.29) is 0 Å². The van der Waals surface area contributed by atoms with Crippen LogP contribution in [0.25, 0.3) is 0 Å². The number of rotatable bonds is 3.